The molecule has 6 radical (unpaired) electrons. The molecule has 0 saturated carbocycles. The first-order valence-corrected chi connectivity index (χ1v) is 4.36. The molecule has 0 aliphatic carbocycles. The van der Waals surface area contributed by atoms with Gasteiger partial charge in [0.1, 0.15) is 0 Å². The highest BCUT2D eigenvalue weighted by Gasteiger charge is 2.26. The predicted octanol–water partition coefficient (Wildman–Crippen LogP) is 0.0983. The average molecular weight is 189 g/mol. The molecule has 3 nitrogen and oxygen atoms in total. The third kappa shape index (κ3) is 5.38. The first-order valence-electron chi connectivity index (χ1n) is 4.36. The van der Waals surface area contributed by atoms with E-state index in [1.165, 1.54) is 4.81 Å². The predicted molar refractivity (Wildman–Crippen MR) is 58.7 cm³/mol. The topological polar surface area (TPSA) is 40.5 Å². The van der Waals surface area contributed by atoms with E-state index in [2.05, 4.69) is 0 Å². The van der Waals surface area contributed by atoms with E-state index in [4.69, 9.17) is 28.8 Å². The van der Waals surface area contributed by atoms with Crippen LogP contribution in [0.5, 0.6) is 0 Å². The van der Waals surface area contributed by atoms with Crippen LogP contribution in [0.2, 0.25) is 5.21 Å². The lowest BCUT2D eigenvalue weighted by atomic mass is 9.52. The van der Waals surface area contributed by atoms with Crippen LogP contribution in [0.3, 0.4) is 0 Å². The second-order valence-electron chi connectivity index (χ2n) is 4.60. The Balaban J connectivity index is 4.29. The van der Waals surface area contributed by atoms with Gasteiger partial charge in [-0.2, -0.15) is 0 Å². The third-order valence-electron chi connectivity index (χ3n) is 1.81. The van der Waals surface area contributed by atoms with Gasteiger partial charge in [-0.1, -0.05) is 5.21 Å². The van der Waals surface area contributed by atoms with Crippen molar-refractivity contribution in [3.63, 3.8) is 0 Å². The number of carboxylic acids is 1. The van der Waals surface area contributed by atoms with Gasteiger partial charge < -0.3 is 9.92 Å². The zero-order chi connectivity index (χ0) is 11.6. The first kappa shape index (κ1) is 13.6. The lowest BCUT2D eigenvalue weighted by molar-refractivity contribution is -0.137. The Hall–Kier alpha value is -0.375. The maximum absolute atomic E-state index is 10.4. The maximum atomic E-state index is 10.4. The molecule has 0 spiro atoms. The van der Waals surface area contributed by atoms with Crippen molar-refractivity contribution >= 4 is 29.6 Å². The molecule has 0 amide bonds. The minimum absolute atomic E-state index is 0.128. The SMILES string of the molecule is [B]N(CC([B])([B])CC(=O)O)C(C)(C)C. The number of nitrogens with zero attached hydrogens (tertiary/aromatic N) is 1. The molecule has 0 saturated heterocycles. The van der Waals surface area contributed by atoms with Crippen molar-refractivity contribution in [1.29, 1.82) is 0 Å². The molecule has 6 heteroatoms. The van der Waals surface area contributed by atoms with Crippen LogP contribution in [0.1, 0.15) is 27.2 Å². The van der Waals surface area contributed by atoms with Gasteiger partial charge in [-0.25, -0.2) is 0 Å². The van der Waals surface area contributed by atoms with Crippen molar-refractivity contribution in [2.45, 2.75) is 37.9 Å². The van der Waals surface area contributed by atoms with Crippen LogP contribution in [0.4, 0.5) is 0 Å². The van der Waals surface area contributed by atoms with Crippen molar-refractivity contribution in [2.75, 3.05) is 6.54 Å². The number of hydrogen-bond acceptors (Lipinski definition) is 2. The molecule has 0 aromatic rings. The lowest BCUT2D eigenvalue weighted by Gasteiger charge is -2.39. The van der Waals surface area contributed by atoms with Gasteiger partial charge in [-0.05, 0) is 27.3 Å². The minimum atomic E-state index is -1.30. The van der Waals surface area contributed by atoms with Gasteiger partial charge in [-0.3, -0.25) is 4.79 Å². The van der Waals surface area contributed by atoms with E-state index in [1.54, 1.807) is 0 Å². The summed E-state index contributed by atoms with van der Waals surface area (Å²) in [5.41, 5.74) is -0.289. The molecule has 0 unspecified atom stereocenters. The Kier molecular flexibility index (Phi) is 4.31. The Bertz CT molecular complexity index is 213. The second-order valence-corrected chi connectivity index (χ2v) is 4.60. The molecule has 0 aliphatic rings. The average Bonchev–Trinajstić information content (AvgIpc) is 1.79. The lowest BCUT2D eigenvalue weighted by Crippen LogP contribution is -2.44. The summed E-state index contributed by atoms with van der Waals surface area (Å²) < 4.78 is 0. The highest BCUT2D eigenvalue weighted by Crippen LogP contribution is 2.25. The highest BCUT2D eigenvalue weighted by molar-refractivity contribution is 6.41. The van der Waals surface area contributed by atoms with E-state index in [0.29, 0.717) is 0 Å². The summed E-state index contributed by atoms with van der Waals surface area (Å²) in [6.07, 6.45) is -0.309. The molecule has 0 heterocycles. The number of carbonyl (C=O) groups is 1. The minimum Gasteiger partial charge on any atom is -0.481 e. The fraction of sp³-hybridized carbons (Fsp3) is 0.875. The van der Waals surface area contributed by atoms with Gasteiger partial charge >= 0.3 is 5.97 Å². The molecular formula is C8H14B3NO2. The number of aliphatic carboxylic acids is 1. The molecule has 1 N–H and O–H groups in total. The summed E-state index contributed by atoms with van der Waals surface area (Å²) in [7, 11) is 16.9. The van der Waals surface area contributed by atoms with E-state index in [1.807, 2.05) is 20.8 Å². The number of hydrogen-bond donors (Lipinski definition) is 1. The van der Waals surface area contributed by atoms with Gasteiger partial charge in [0, 0.05) is 12.0 Å². The summed E-state index contributed by atoms with van der Waals surface area (Å²) in [5, 5.41) is 7.25. The fourth-order valence-corrected chi connectivity index (χ4v) is 0.892. The van der Waals surface area contributed by atoms with Gasteiger partial charge in [0.25, 0.3) is 0 Å². The Morgan fingerprint density at radius 3 is 2.07 bits per heavy atom. The molecule has 72 valence electrons. The summed E-state index contributed by atoms with van der Waals surface area (Å²) in [5.74, 6) is -1.03. The summed E-state index contributed by atoms with van der Waals surface area (Å²) in [4.78, 5) is 11.9. The monoisotopic (exact) mass is 189 g/mol. The van der Waals surface area contributed by atoms with Gasteiger partial charge in [0.15, 0.2) is 7.98 Å². The summed E-state index contributed by atoms with van der Waals surface area (Å²) in [6.45, 7) is 5.81. The summed E-state index contributed by atoms with van der Waals surface area (Å²) >= 11 is 0. The zero-order valence-electron chi connectivity index (χ0n) is 8.95. The Morgan fingerprint density at radius 2 is 1.79 bits per heavy atom. The zero-order valence-corrected chi connectivity index (χ0v) is 8.95. The van der Waals surface area contributed by atoms with E-state index >= 15 is 0 Å². The smallest absolute Gasteiger partial charge is 0.302 e. The standard InChI is InChI=1S/C8H14B3NO2/c1-7(2,3)12(11)5-8(9,10)4-6(13)14/h4-5H2,1-3H3,(H,13,14). The van der Waals surface area contributed by atoms with Crippen LogP contribution in [-0.2, 0) is 4.79 Å². The molecule has 0 aromatic heterocycles. The summed E-state index contributed by atoms with van der Waals surface area (Å²) in [6, 6.07) is 0. The first-order chi connectivity index (χ1) is 6.04. The molecule has 14 heavy (non-hydrogen) atoms. The van der Waals surface area contributed by atoms with Crippen LogP contribution in [-0.4, -0.2) is 51.6 Å². The normalized spacial score (nSPS) is 13.1. The van der Waals surface area contributed by atoms with Crippen LogP contribution in [0.15, 0.2) is 0 Å². The molecule has 0 atom stereocenters. The van der Waals surface area contributed by atoms with Crippen molar-refractivity contribution in [1.82, 2.24) is 4.81 Å². The fourth-order valence-electron chi connectivity index (χ4n) is 0.892. The maximum Gasteiger partial charge on any atom is 0.302 e. The third-order valence-corrected chi connectivity index (χ3v) is 1.81. The van der Waals surface area contributed by atoms with Crippen molar-refractivity contribution in [3.05, 3.63) is 0 Å². The van der Waals surface area contributed by atoms with E-state index in [0.717, 1.165) is 0 Å². The number of rotatable bonds is 4. The van der Waals surface area contributed by atoms with Crippen molar-refractivity contribution in [2.24, 2.45) is 0 Å². The van der Waals surface area contributed by atoms with Gasteiger partial charge in [0.2, 0.25) is 0 Å². The van der Waals surface area contributed by atoms with E-state index in [-0.39, 0.29) is 18.5 Å². The quantitative estimate of drug-likeness (QED) is 0.637. The van der Waals surface area contributed by atoms with Crippen LogP contribution >= 0.6 is 0 Å². The Morgan fingerprint density at radius 1 is 1.36 bits per heavy atom. The van der Waals surface area contributed by atoms with E-state index in [9.17, 15) is 4.79 Å². The Labute approximate surface area is 89.5 Å². The molecule has 0 aliphatic heterocycles. The van der Waals surface area contributed by atoms with Gasteiger partial charge in [-0.15, -0.1) is 0 Å². The molecule has 0 rings (SSSR count). The second kappa shape index (κ2) is 4.43. The van der Waals surface area contributed by atoms with Crippen LogP contribution in [0.25, 0.3) is 0 Å². The van der Waals surface area contributed by atoms with Crippen LogP contribution in [0, 0.1) is 0 Å². The number of carboxylic acid groups (broad SMARTS) is 1. The van der Waals surface area contributed by atoms with Crippen molar-refractivity contribution < 1.29 is 9.90 Å². The highest BCUT2D eigenvalue weighted by atomic mass is 16.4. The molecule has 0 fully saturated rings. The van der Waals surface area contributed by atoms with Crippen molar-refractivity contribution in [3.8, 4) is 0 Å². The van der Waals surface area contributed by atoms with Crippen LogP contribution < -0.4 is 0 Å². The molecule has 0 bridgehead atoms. The molecular weight excluding hydrogens is 175 g/mol. The van der Waals surface area contributed by atoms with Gasteiger partial charge in [0.05, 0.1) is 15.7 Å². The largest absolute Gasteiger partial charge is 0.481 e. The van der Waals surface area contributed by atoms with E-state index < -0.39 is 11.2 Å². The molecule has 0 aromatic carbocycles.